The summed E-state index contributed by atoms with van der Waals surface area (Å²) in [6, 6.07) is 3.43. The summed E-state index contributed by atoms with van der Waals surface area (Å²) in [6.07, 6.45) is 0.732. The lowest BCUT2D eigenvalue weighted by atomic mass is 10.2. The minimum atomic E-state index is -3.53. The number of nitrogens with zero attached hydrogens (tertiary/aromatic N) is 6. The Morgan fingerprint density at radius 3 is 2.35 bits per heavy atom. The number of piperazine rings is 1. The van der Waals surface area contributed by atoms with Crippen LogP contribution in [0.25, 0.3) is 5.65 Å². The van der Waals surface area contributed by atoms with Crippen molar-refractivity contribution < 1.29 is 17.9 Å². The standard InChI is InChI=1S/C15H22N6O4S/c1-15(2,3)25-14(22)20-9-7-19(8-10-20)12-6-5-11-16-17-13(21(11)18-12)26(4,23)24/h5-6H,7-10H2,1-4H3. The van der Waals surface area contributed by atoms with Crippen molar-refractivity contribution in [3.8, 4) is 0 Å². The third kappa shape index (κ3) is 3.87. The molecular weight excluding hydrogens is 360 g/mol. The molecule has 3 rings (SSSR count). The predicted molar refractivity (Wildman–Crippen MR) is 93.9 cm³/mol. The van der Waals surface area contributed by atoms with Crippen molar-refractivity contribution in [3.05, 3.63) is 12.1 Å². The van der Waals surface area contributed by atoms with E-state index >= 15 is 0 Å². The smallest absolute Gasteiger partial charge is 0.410 e. The van der Waals surface area contributed by atoms with Crippen LogP contribution >= 0.6 is 0 Å². The maximum atomic E-state index is 12.1. The summed E-state index contributed by atoms with van der Waals surface area (Å²) in [5.74, 6) is 0.603. The van der Waals surface area contributed by atoms with Gasteiger partial charge >= 0.3 is 6.09 Å². The largest absolute Gasteiger partial charge is 0.444 e. The molecule has 2 aromatic heterocycles. The highest BCUT2D eigenvalue weighted by molar-refractivity contribution is 7.90. The Hall–Kier alpha value is -2.43. The summed E-state index contributed by atoms with van der Waals surface area (Å²) in [5.41, 5.74) is -0.168. The Morgan fingerprint density at radius 2 is 1.77 bits per heavy atom. The van der Waals surface area contributed by atoms with Crippen molar-refractivity contribution in [1.82, 2.24) is 24.7 Å². The van der Waals surface area contributed by atoms with Crippen LogP contribution in [0.15, 0.2) is 17.3 Å². The van der Waals surface area contributed by atoms with Crippen molar-refractivity contribution in [1.29, 1.82) is 0 Å². The second kappa shape index (κ2) is 6.38. The molecule has 1 aliphatic heterocycles. The van der Waals surface area contributed by atoms with E-state index in [1.165, 1.54) is 4.52 Å². The van der Waals surface area contributed by atoms with E-state index in [4.69, 9.17) is 4.74 Å². The second-order valence-electron chi connectivity index (χ2n) is 7.17. The van der Waals surface area contributed by atoms with Crippen LogP contribution in [0.1, 0.15) is 20.8 Å². The maximum absolute atomic E-state index is 12.1. The van der Waals surface area contributed by atoms with Crippen LogP contribution in [0, 0.1) is 0 Å². The quantitative estimate of drug-likeness (QED) is 0.742. The van der Waals surface area contributed by atoms with Crippen LogP contribution < -0.4 is 4.90 Å². The van der Waals surface area contributed by atoms with E-state index in [1.54, 1.807) is 17.0 Å². The van der Waals surface area contributed by atoms with Crippen LogP contribution in [-0.4, -0.2) is 77.3 Å². The van der Waals surface area contributed by atoms with Crippen LogP contribution in [0.2, 0.25) is 0 Å². The molecule has 1 amide bonds. The van der Waals surface area contributed by atoms with E-state index in [-0.39, 0.29) is 11.2 Å². The van der Waals surface area contributed by atoms with Gasteiger partial charge in [0.05, 0.1) is 0 Å². The van der Waals surface area contributed by atoms with Gasteiger partial charge in [-0.15, -0.1) is 15.3 Å². The number of amides is 1. The maximum Gasteiger partial charge on any atom is 0.410 e. The number of carbonyl (C=O) groups is 1. The lowest BCUT2D eigenvalue weighted by Crippen LogP contribution is -2.50. The zero-order chi connectivity index (χ0) is 19.1. The number of fused-ring (bicyclic) bond motifs is 1. The van der Waals surface area contributed by atoms with E-state index in [1.807, 2.05) is 25.7 Å². The third-order valence-corrected chi connectivity index (χ3v) is 4.73. The first-order chi connectivity index (χ1) is 12.0. The molecule has 26 heavy (non-hydrogen) atoms. The number of hydrogen-bond donors (Lipinski definition) is 0. The molecule has 0 N–H and O–H groups in total. The second-order valence-corrected chi connectivity index (χ2v) is 9.08. The number of sulfone groups is 1. The summed E-state index contributed by atoms with van der Waals surface area (Å²) >= 11 is 0. The molecule has 0 atom stereocenters. The van der Waals surface area contributed by atoms with Gasteiger partial charge in [-0.1, -0.05) is 0 Å². The Kier molecular flexibility index (Phi) is 4.51. The molecule has 3 heterocycles. The highest BCUT2D eigenvalue weighted by Gasteiger charge is 2.27. The summed E-state index contributed by atoms with van der Waals surface area (Å²) in [4.78, 5) is 15.8. The number of hydrogen-bond acceptors (Lipinski definition) is 8. The summed E-state index contributed by atoms with van der Waals surface area (Å²) in [6.45, 7) is 7.62. The first kappa shape index (κ1) is 18.4. The average molecular weight is 382 g/mol. The fourth-order valence-electron chi connectivity index (χ4n) is 2.60. The summed E-state index contributed by atoms with van der Waals surface area (Å²) in [5, 5.41) is 11.7. The van der Waals surface area contributed by atoms with E-state index < -0.39 is 15.4 Å². The minimum Gasteiger partial charge on any atom is -0.444 e. The van der Waals surface area contributed by atoms with Gasteiger partial charge in [0.2, 0.25) is 9.84 Å². The summed E-state index contributed by atoms with van der Waals surface area (Å²) < 4.78 is 30.2. The van der Waals surface area contributed by atoms with Crippen LogP contribution in [0.4, 0.5) is 10.6 Å². The molecule has 0 unspecified atom stereocenters. The van der Waals surface area contributed by atoms with Gasteiger partial charge in [-0.25, -0.2) is 13.2 Å². The lowest BCUT2D eigenvalue weighted by Gasteiger charge is -2.36. The molecular formula is C15H22N6O4S. The number of carbonyl (C=O) groups excluding carboxylic acids is 1. The predicted octanol–water partition coefficient (Wildman–Crippen LogP) is 0.585. The van der Waals surface area contributed by atoms with E-state index in [9.17, 15) is 13.2 Å². The Bertz CT molecular complexity index is 925. The van der Waals surface area contributed by atoms with E-state index in [0.29, 0.717) is 37.6 Å². The molecule has 0 bridgehead atoms. The van der Waals surface area contributed by atoms with Crippen molar-refractivity contribution in [2.45, 2.75) is 31.5 Å². The van der Waals surface area contributed by atoms with Crippen molar-refractivity contribution in [2.24, 2.45) is 0 Å². The molecule has 2 aromatic rings. The molecule has 11 heteroatoms. The average Bonchev–Trinajstić information content (AvgIpc) is 2.96. The molecule has 0 saturated carbocycles. The first-order valence-electron chi connectivity index (χ1n) is 8.20. The molecule has 0 spiro atoms. The molecule has 0 aliphatic carbocycles. The minimum absolute atomic E-state index is 0.193. The van der Waals surface area contributed by atoms with Crippen molar-refractivity contribution in [2.75, 3.05) is 37.3 Å². The Labute approximate surface area is 151 Å². The van der Waals surface area contributed by atoms with Gasteiger partial charge in [0.1, 0.15) is 11.4 Å². The number of aromatic nitrogens is 4. The monoisotopic (exact) mass is 382 g/mol. The van der Waals surface area contributed by atoms with Gasteiger partial charge in [0.25, 0.3) is 5.16 Å². The summed E-state index contributed by atoms with van der Waals surface area (Å²) in [7, 11) is -3.53. The van der Waals surface area contributed by atoms with Gasteiger partial charge < -0.3 is 14.5 Å². The van der Waals surface area contributed by atoms with E-state index in [0.717, 1.165) is 6.26 Å². The molecule has 1 saturated heterocycles. The zero-order valence-corrected chi connectivity index (χ0v) is 16.0. The molecule has 0 radical (unpaired) electrons. The van der Waals surface area contributed by atoms with Crippen molar-refractivity contribution in [3.63, 3.8) is 0 Å². The van der Waals surface area contributed by atoms with Gasteiger partial charge in [-0.2, -0.15) is 4.52 Å². The van der Waals surface area contributed by atoms with Gasteiger partial charge in [0.15, 0.2) is 5.65 Å². The normalized spacial score (nSPS) is 16.2. The SMILES string of the molecule is CC(C)(C)OC(=O)N1CCN(c2ccc3nnc(S(C)(=O)=O)n3n2)CC1. The van der Waals surface area contributed by atoms with Gasteiger partial charge in [0, 0.05) is 32.4 Å². The van der Waals surface area contributed by atoms with Gasteiger partial charge in [-0.05, 0) is 32.9 Å². The van der Waals surface area contributed by atoms with Crippen LogP contribution in [-0.2, 0) is 14.6 Å². The zero-order valence-electron chi connectivity index (χ0n) is 15.2. The molecule has 1 aliphatic rings. The van der Waals surface area contributed by atoms with Crippen LogP contribution in [0.3, 0.4) is 0 Å². The molecule has 142 valence electrons. The Balaban J connectivity index is 1.75. The van der Waals surface area contributed by atoms with Crippen molar-refractivity contribution >= 4 is 27.4 Å². The van der Waals surface area contributed by atoms with E-state index in [2.05, 4.69) is 15.3 Å². The highest BCUT2D eigenvalue weighted by atomic mass is 32.2. The number of anilines is 1. The Morgan fingerprint density at radius 1 is 1.12 bits per heavy atom. The highest BCUT2D eigenvalue weighted by Crippen LogP contribution is 2.17. The fourth-order valence-corrected chi connectivity index (χ4v) is 3.24. The number of ether oxygens (including phenoxy) is 1. The fraction of sp³-hybridized carbons (Fsp3) is 0.600. The number of rotatable bonds is 2. The first-order valence-corrected chi connectivity index (χ1v) is 10.1. The van der Waals surface area contributed by atoms with Gasteiger partial charge in [-0.3, -0.25) is 0 Å². The molecule has 10 nitrogen and oxygen atoms in total. The molecule has 0 aromatic carbocycles. The lowest BCUT2D eigenvalue weighted by molar-refractivity contribution is 0.0240. The topological polar surface area (TPSA) is 110 Å². The third-order valence-electron chi connectivity index (χ3n) is 3.81. The molecule has 1 fully saturated rings. The van der Waals surface area contributed by atoms with Crippen LogP contribution in [0.5, 0.6) is 0 Å².